The number of benzene rings is 1. The highest BCUT2D eigenvalue weighted by atomic mass is 16.5. The van der Waals surface area contributed by atoms with Gasteiger partial charge in [0.2, 0.25) is 0 Å². The SMILES string of the molecule is COc1ccc(/C=C/c2cc3c(C)cc(C)cc(C)c-3c2)cc1. The van der Waals surface area contributed by atoms with Gasteiger partial charge < -0.3 is 4.74 Å². The Morgan fingerprint density at radius 3 is 1.74 bits per heavy atom. The van der Waals surface area contributed by atoms with E-state index in [0.29, 0.717) is 0 Å². The first-order chi connectivity index (χ1) is 11.1. The van der Waals surface area contributed by atoms with Crippen molar-refractivity contribution in [3.63, 3.8) is 0 Å². The maximum atomic E-state index is 5.19. The number of aryl methyl sites for hydroxylation is 3. The number of hydrogen-bond acceptors (Lipinski definition) is 1. The van der Waals surface area contributed by atoms with Gasteiger partial charge in [0.1, 0.15) is 5.75 Å². The minimum Gasteiger partial charge on any atom is -0.497 e. The van der Waals surface area contributed by atoms with E-state index in [0.717, 1.165) is 5.75 Å². The molecule has 0 aliphatic heterocycles. The Bertz CT molecular complexity index is 786. The molecule has 0 fully saturated rings. The van der Waals surface area contributed by atoms with Crippen LogP contribution in [0.5, 0.6) is 5.75 Å². The fourth-order valence-corrected chi connectivity index (χ4v) is 3.07. The van der Waals surface area contributed by atoms with Crippen molar-refractivity contribution in [3.05, 3.63) is 76.3 Å². The molecule has 3 rings (SSSR count). The summed E-state index contributed by atoms with van der Waals surface area (Å²) in [7, 11) is 1.69. The van der Waals surface area contributed by atoms with Gasteiger partial charge in [-0.25, -0.2) is 0 Å². The van der Waals surface area contributed by atoms with Crippen molar-refractivity contribution in [1.29, 1.82) is 0 Å². The molecular weight excluding hydrogens is 280 g/mol. The van der Waals surface area contributed by atoms with Gasteiger partial charge in [0.15, 0.2) is 0 Å². The molecule has 0 spiro atoms. The Balaban J connectivity index is 1.96. The van der Waals surface area contributed by atoms with Gasteiger partial charge in [0.05, 0.1) is 7.11 Å². The first kappa shape index (κ1) is 15.4. The summed E-state index contributed by atoms with van der Waals surface area (Å²) in [6, 6.07) is 17.2. The van der Waals surface area contributed by atoms with Crippen molar-refractivity contribution in [3.8, 4) is 16.9 Å². The predicted octanol–water partition coefficient (Wildman–Crippen LogP) is 5.90. The van der Waals surface area contributed by atoms with Crippen LogP contribution in [0.1, 0.15) is 27.8 Å². The quantitative estimate of drug-likeness (QED) is 0.585. The van der Waals surface area contributed by atoms with E-state index in [4.69, 9.17) is 4.74 Å². The van der Waals surface area contributed by atoms with E-state index >= 15 is 0 Å². The van der Waals surface area contributed by atoms with Gasteiger partial charge in [-0.2, -0.15) is 0 Å². The largest absolute Gasteiger partial charge is 0.497 e. The van der Waals surface area contributed by atoms with Gasteiger partial charge in [-0.15, -0.1) is 0 Å². The highest BCUT2D eigenvalue weighted by molar-refractivity contribution is 5.81. The molecule has 1 aromatic rings. The highest BCUT2D eigenvalue weighted by Gasteiger charge is 2.10. The molecule has 2 aliphatic carbocycles. The second kappa shape index (κ2) is 6.29. The predicted molar refractivity (Wildman–Crippen MR) is 99.2 cm³/mol. The summed E-state index contributed by atoms with van der Waals surface area (Å²) in [6.45, 7) is 6.53. The van der Waals surface area contributed by atoms with Crippen molar-refractivity contribution in [2.45, 2.75) is 20.8 Å². The molecule has 1 nitrogen and oxygen atoms in total. The molecule has 1 heteroatoms. The first-order valence-corrected chi connectivity index (χ1v) is 7.90. The molecule has 1 aromatic carbocycles. The van der Waals surface area contributed by atoms with Crippen LogP contribution in [-0.2, 0) is 0 Å². The van der Waals surface area contributed by atoms with Crippen molar-refractivity contribution in [2.24, 2.45) is 0 Å². The zero-order valence-corrected chi connectivity index (χ0v) is 14.2. The average molecular weight is 302 g/mol. The standard InChI is InChI=1S/C22H22O/c1-15-11-16(2)21-13-19(14-22(21)17(3)12-15)6-5-18-7-9-20(23-4)10-8-18/h5-14H,1-4H3/b6-5+. The second-order valence-electron chi connectivity index (χ2n) is 6.12. The molecule has 0 unspecified atom stereocenters. The van der Waals surface area contributed by atoms with Crippen LogP contribution in [0.4, 0.5) is 0 Å². The van der Waals surface area contributed by atoms with E-state index in [1.807, 2.05) is 12.1 Å². The lowest BCUT2D eigenvalue weighted by molar-refractivity contribution is 0.415. The lowest BCUT2D eigenvalue weighted by Crippen LogP contribution is -1.81. The van der Waals surface area contributed by atoms with Crippen LogP contribution in [0, 0.1) is 20.8 Å². The third-order valence-electron chi connectivity index (χ3n) is 4.23. The minimum absolute atomic E-state index is 0.885. The Hall–Kier alpha value is -2.54. The molecule has 0 radical (unpaired) electrons. The van der Waals surface area contributed by atoms with E-state index < -0.39 is 0 Å². The third kappa shape index (κ3) is 3.29. The fourth-order valence-electron chi connectivity index (χ4n) is 3.07. The monoisotopic (exact) mass is 302 g/mol. The summed E-state index contributed by atoms with van der Waals surface area (Å²) in [5, 5.41) is 0. The zero-order chi connectivity index (χ0) is 16.4. The third-order valence-corrected chi connectivity index (χ3v) is 4.23. The number of hydrogen-bond donors (Lipinski definition) is 0. The fraction of sp³-hybridized carbons (Fsp3) is 0.182. The van der Waals surface area contributed by atoms with E-state index in [9.17, 15) is 0 Å². The van der Waals surface area contributed by atoms with Crippen LogP contribution in [0.25, 0.3) is 23.3 Å². The summed E-state index contributed by atoms with van der Waals surface area (Å²) in [5.74, 6) is 0.885. The van der Waals surface area contributed by atoms with Crippen LogP contribution in [0.3, 0.4) is 0 Å². The molecule has 0 amide bonds. The van der Waals surface area contributed by atoms with Crippen LogP contribution in [0.2, 0.25) is 0 Å². The zero-order valence-electron chi connectivity index (χ0n) is 14.2. The normalized spacial score (nSPS) is 11.3. The van der Waals surface area contributed by atoms with Crippen LogP contribution >= 0.6 is 0 Å². The minimum atomic E-state index is 0.885. The number of rotatable bonds is 3. The summed E-state index contributed by atoms with van der Waals surface area (Å²) < 4.78 is 5.19. The average Bonchev–Trinajstić information content (AvgIpc) is 2.94. The lowest BCUT2D eigenvalue weighted by Gasteiger charge is -1.98. The van der Waals surface area contributed by atoms with Crippen molar-refractivity contribution >= 4 is 12.2 Å². The molecular formula is C22H22O. The molecule has 0 saturated carbocycles. The molecule has 0 heterocycles. The van der Waals surface area contributed by atoms with Gasteiger partial charge in [-0.3, -0.25) is 0 Å². The van der Waals surface area contributed by atoms with Crippen molar-refractivity contribution in [1.82, 2.24) is 0 Å². The lowest BCUT2D eigenvalue weighted by atomic mass is 10.1. The van der Waals surface area contributed by atoms with Gasteiger partial charge in [-0.05, 0) is 78.4 Å². The molecule has 2 aliphatic rings. The number of ether oxygens (including phenoxy) is 1. The maximum absolute atomic E-state index is 5.19. The highest BCUT2D eigenvalue weighted by Crippen LogP contribution is 2.32. The molecule has 0 aromatic heterocycles. The number of methoxy groups -OCH3 is 1. The molecule has 116 valence electrons. The van der Waals surface area contributed by atoms with E-state index in [1.165, 1.54) is 38.9 Å². The molecule has 0 N–H and O–H groups in total. The Kier molecular flexibility index (Phi) is 4.20. The van der Waals surface area contributed by atoms with Crippen molar-refractivity contribution < 1.29 is 4.74 Å². The van der Waals surface area contributed by atoms with E-state index in [1.54, 1.807) is 7.11 Å². The Morgan fingerprint density at radius 1 is 0.696 bits per heavy atom. The Morgan fingerprint density at radius 2 is 1.22 bits per heavy atom. The van der Waals surface area contributed by atoms with Gasteiger partial charge >= 0.3 is 0 Å². The molecule has 23 heavy (non-hydrogen) atoms. The van der Waals surface area contributed by atoms with Crippen LogP contribution in [-0.4, -0.2) is 7.11 Å². The molecule has 0 bridgehead atoms. The van der Waals surface area contributed by atoms with Crippen LogP contribution < -0.4 is 4.74 Å². The summed E-state index contributed by atoms with van der Waals surface area (Å²) in [5.41, 5.74) is 9.06. The maximum Gasteiger partial charge on any atom is 0.118 e. The molecule has 0 saturated heterocycles. The number of fused-ring (bicyclic) bond motifs is 1. The Labute approximate surface area is 138 Å². The molecule has 0 atom stereocenters. The first-order valence-electron chi connectivity index (χ1n) is 7.90. The van der Waals surface area contributed by atoms with E-state index in [-0.39, 0.29) is 0 Å². The summed E-state index contributed by atoms with van der Waals surface area (Å²) >= 11 is 0. The van der Waals surface area contributed by atoms with Crippen molar-refractivity contribution in [2.75, 3.05) is 7.11 Å². The second-order valence-corrected chi connectivity index (χ2v) is 6.12. The van der Waals surface area contributed by atoms with E-state index in [2.05, 4.69) is 69.3 Å². The smallest absolute Gasteiger partial charge is 0.118 e. The topological polar surface area (TPSA) is 9.23 Å². The summed E-state index contributed by atoms with van der Waals surface area (Å²) in [4.78, 5) is 0. The van der Waals surface area contributed by atoms with Gasteiger partial charge in [0.25, 0.3) is 0 Å². The van der Waals surface area contributed by atoms with Gasteiger partial charge in [0, 0.05) is 0 Å². The summed E-state index contributed by atoms with van der Waals surface area (Å²) in [6.07, 6.45) is 4.32. The van der Waals surface area contributed by atoms with Crippen LogP contribution in [0.15, 0.2) is 48.5 Å². The van der Waals surface area contributed by atoms with Gasteiger partial charge in [-0.1, -0.05) is 42.0 Å².